The molecule has 5 rings (SSSR count). The highest BCUT2D eigenvalue weighted by atomic mass is 16.2. The first-order valence-corrected chi connectivity index (χ1v) is 10.1. The fraction of sp³-hybridized carbons (Fsp3) is 0.304. The van der Waals surface area contributed by atoms with Crippen LogP contribution in [0, 0.1) is 6.92 Å². The van der Waals surface area contributed by atoms with E-state index in [1.165, 1.54) is 21.6 Å². The third-order valence-corrected chi connectivity index (χ3v) is 6.13. The number of amides is 3. The van der Waals surface area contributed by atoms with Gasteiger partial charge in [-0.05, 0) is 61.4 Å². The number of hydrogen-bond donors (Lipinski definition) is 1. The smallest absolute Gasteiger partial charge is 0.319 e. The summed E-state index contributed by atoms with van der Waals surface area (Å²) in [7, 11) is 0. The molecule has 7 heteroatoms. The molecule has 152 valence electrons. The van der Waals surface area contributed by atoms with Gasteiger partial charge in [-0.3, -0.25) is 18.9 Å². The van der Waals surface area contributed by atoms with Gasteiger partial charge in [0.05, 0.1) is 12.2 Å². The number of pyridine rings is 1. The molecule has 0 spiro atoms. The van der Waals surface area contributed by atoms with Crippen molar-refractivity contribution in [3.63, 3.8) is 0 Å². The Morgan fingerprint density at radius 2 is 1.87 bits per heavy atom. The molecule has 1 aliphatic heterocycles. The van der Waals surface area contributed by atoms with Crippen molar-refractivity contribution in [2.24, 2.45) is 0 Å². The van der Waals surface area contributed by atoms with Gasteiger partial charge in [0, 0.05) is 12.3 Å². The SMILES string of the molecule is Cc1ccc2nc(CN3C(=O)NC(C)(c4ccc5c(c4)CCC5)C3=O)cc(=O)n2c1. The first-order chi connectivity index (χ1) is 14.3. The maximum Gasteiger partial charge on any atom is 0.325 e. The van der Waals surface area contributed by atoms with Crippen molar-refractivity contribution >= 4 is 17.6 Å². The molecule has 1 N–H and O–H groups in total. The molecule has 3 heterocycles. The standard InChI is InChI=1S/C23H22N4O3/c1-14-6-9-19-24-18(11-20(28)26(19)12-14)13-27-21(29)23(2,25-22(27)30)17-8-7-15-4-3-5-16(15)10-17/h6-12H,3-5,13H2,1-2H3,(H,25,30). The summed E-state index contributed by atoms with van der Waals surface area (Å²) in [6.07, 6.45) is 4.88. The molecular formula is C23H22N4O3. The summed E-state index contributed by atoms with van der Waals surface area (Å²) in [5.41, 5.74) is 3.77. The number of carbonyl (C=O) groups excluding carboxylic acids is 2. The van der Waals surface area contributed by atoms with Crippen LogP contribution in [-0.2, 0) is 29.7 Å². The number of nitrogens with zero attached hydrogens (tertiary/aromatic N) is 3. The number of rotatable bonds is 3. The van der Waals surface area contributed by atoms with E-state index in [1.807, 2.05) is 25.1 Å². The Hall–Kier alpha value is -3.48. The van der Waals surface area contributed by atoms with Crippen LogP contribution in [0.2, 0.25) is 0 Å². The molecule has 1 aliphatic carbocycles. The first kappa shape index (κ1) is 18.5. The van der Waals surface area contributed by atoms with Crippen molar-refractivity contribution in [3.05, 3.63) is 80.9 Å². The van der Waals surface area contributed by atoms with Gasteiger partial charge in [0.15, 0.2) is 0 Å². The number of imide groups is 1. The zero-order valence-corrected chi connectivity index (χ0v) is 16.9. The van der Waals surface area contributed by atoms with E-state index in [1.54, 1.807) is 19.2 Å². The molecule has 0 saturated carbocycles. The van der Waals surface area contributed by atoms with Crippen molar-refractivity contribution < 1.29 is 9.59 Å². The molecular weight excluding hydrogens is 380 g/mol. The van der Waals surface area contributed by atoms with Crippen molar-refractivity contribution in [1.82, 2.24) is 19.6 Å². The molecule has 1 atom stereocenters. The van der Waals surface area contributed by atoms with Gasteiger partial charge in [0.2, 0.25) is 0 Å². The number of fused-ring (bicyclic) bond motifs is 2. The van der Waals surface area contributed by atoms with Gasteiger partial charge >= 0.3 is 6.03 Å². The number of benzene rings is 1. The summed E-state index contributed by atoms with van der Waals surface area (Å²) in [6.45, 7) is 3.58. The lowest BCUT2D eigenvalue weighted by molar-refractivity contribution is -0.131. The maximum absolute atomic E-state index is 13.3. The maximum atomic E-state index is 13.3. The Bertz CT molecular complexity index is 1280. The van der Waals surface area contributed by atoms with E-state index in [4.69, 9.17) is 0 Å². The van der Waals surface area contributed by atoms with Crippen molar-refractivity contribution in [2.75, 3.05) is 0 Å². The van der Waals surface area contributed by atoms with E-state index in [0.717, 1.165) is 35.3 Å². The lowest BCUT2D eigenvalue weighted by atomic mass is 9.89. The number of hydrogen-bond acceptors (Lipinski definition) is 4. The number of urea groups is 1. The molecule has 7 nitrogen and oxygen atoms in total. The summed E-state index contributed by atoms with van der Waals surface area (Å²) in [4.78, 5) is 44.0. The minimum Gasteiger partial charge on any atom is -0.319 e. The molecule has 1 fully saturated rings. The van der Waals surface area contributed by atoms with Gasteiger partial charge < -0.3 is 5.32 Å². The van der Waals surface area contributed by atoms with Crippen LogP contribution in [0.1, 0.15) is 41.3 Å². The highest BCUT2D eigenvalue weighted by molar-refractivity contribution is 6.07. The second-order valence-electron chi connectivity index (χ2n) is 8.30. The molecule has 2 aromatic heterocycles. The van der Waals surface area contributed by atoms with Gasteiger partial charge in [-0.2, -0.15) is 0 Å². The molecule has 0 radical (unpaired) electrons. The van der Waals surface area contributed by atoms with E-state index >= 15 is 0 Å². The van der Waals surface area contributed by atoms with Gasteiger partial charge in [-0.1, -0.05) is 24.3 Å². The first-order valence-electron chi connectivity index (χ1n) is 10.1. The van der Waals surface area contributed by atoms with E-state index in [9.17, 15) is 14.4 Å². The third kappa shape index (κ3) is 2.81. The highest BCUT2D eigenvalue weighted by Gasteiger charge is 2.49. The fourth-order valence-electron chi connectivity index (χ4n) is 4.42. The Balaban J connectivity index is 1.47. The highest BCUT2D eigenvalue weighted by Crippen LogP contribution is 2.33. The molecule has 0 bridgehead atoms. The van der Waals surface area contributed by atoms with Gasteiger partial charge in [0.25, 0.3) is 11.5 Å². The summed E-state index contributed by atoms with van der Waals surface area (Å²) in [5.74, 6) is -0.337. The van der Waals surface area contributed by atoms with E-state index < -0.39 is 11.6 Å². The van der Waals surface area contributed by atoms with Crippen LogP contribution in [0.3, 0.4) is 0 Å². The van der Waals surface area contributed by atoms with E-state index in [0.29, 0.717) is 11.3 Å². The minimum atomic E-state index is -1.13. The molecule has 1 unspecified atom stereocenters. The van der Waals surface area contributed by atoms with Crippen LogP contribution >= 0.6 is 0 Å². The van der Waals surface area contributed by atoms with Gasteiger partial charge in [-0.25, -0.2) is 9.78 Å². The zero-order chi connectivity index (χ0) is 21.0. The topological polar surface area (TPSA) is 83.8 Å². The van der Waals surface area contributed by atoms with Crippen LogP contribution in [0.15, 0.2) is 47.4 Å². The zero-order valence-electron chi connectivity index (χ0n) is 16.9. The quantitative estimate of drug-likeness (QED) is 0.682. The number of aryl methyl sites for hydroxylation is 3. The van der Waals surface area contributed by atoms with Crippen LogP contribution in [-0.4, -0.2) is 26.2 Å². The van der Waals surface area contributed by atoms with Crippen molar-refractivity contribution in [1.29, 1.82) is 0 Å². The minimum absolute atomic E-state index is 0.0508. The molecule has 3 aromatic rings. The van der Waals surface area contributed by atoms with E-state index in [2.05, 4.69) is 16.4 Å². The average Bonchev–Trinajstić information content (AvgIpc) is 3.27. The van der Waals surface area contributed by atoms with Gasteiger partial charge in [0.1, 0.15) is 11.2 Å². The summed E-state index contributed by atoms with van der Waals surface area (Å²) >= 11 is 0. The van der Waals surface area contributed by atoms with E-state index in [-0.39, 0.29) is 18.0 Å². The van der Waals surface area contributed by atoms with Crippen molar-refractivity contribution in [3.8, 4) is 0 Å². The monoisotopic (exact) mass is 402 g/mol. The predicted molar refractivity (Wildman–Crippen MR) is 111 cm³/mol. The number of nitrogens with one attached hydrogen (secondary N) is 1. The second kappa shape index (κ2) is 6.52. The normalized spacial score (nSPS) is 20.7. The number of aromatic nitrogens is 2. The fourth-order valence-corrected chi connectivity index (χ4v) is 4.42. The Labute approximate surface area is 173 Å². The molecule has 3 amide bonds. The molecule has 1 aromatic carbocycles. The van der Waals surface area contributed by atoms with Crippen molar-refractivity contribution in [2.45, 2.75) is 45.2 Å². The van der Waals surface area contributed by atoms with Crippen LogP contribution in [0.4, 0.5) is 4.79 Å². The molecule has 2 aliphatic rings. The Morgan fingerprint density at radius 3 is 2.70 bits per heavy atom. The Morgan fingerprint density at radius 1 is 1.07 bits per heavy atom. The lowest BCUT2D eigenvalue weighted by Crippen LogP contribution is -2.41. The molecule has 1 saturated heterocycles. The lowest BCUT2D eigenvalue weighted by Gasteiger charge is -2.23. The largest absolute Gasteiger partial charge is 0.325 e. The summed E-state index contributed by atoms with van der Waals surface area (Å²) in [6, 6.07) is 10.5. The van der Waals surface area contributed by atoms with Crippen LogP contribution in [0.5, 0.6) is 0 Å². The van der Waals surface area contributed by atoms with Crippen LogP contribution in [0.25, 0.3) is 5.65 Å². The second-order valence-corrected chi connectivity index (χ2v) is 8.30. The van der Waals surface area contributed by atoms with Gasteiger partial charge in [-0.15, -0.1) is 0 Å². The third-order valence-electron chi connectivity index (χ3n) is 6.13. The Kier molecular flexibility index (Phi) is 4.03. The van der Waals surface area contributed by atoms with Crippen LogP contribution < -0.4 is 10.9 Å². The summed E-state index contributed by atoms with van der Waals surface area (Å²) < 4.78 is 1.46. The number of carbonyl (C=O) groups is 2. The predicted octanol–water partition coefficient (Wildman–Crippen LogP) is 2.46. The molecule has 30 heavy (non-hydrogen) atoms. The summed E-state index contributed by atoms with van der Waals surface area (Å²) in [5, 5.41) is 2.84. The average molecular weight is 402 g/mol.